The molecule has 0 radical (unpaired) electrons. The molecule has 8 heteroatoms. The summed E-state index contributed by atoms with van der Waals surface area (Å²) < 4.78 is 10.8. The van der Waals surface area contributed by atoms with E-state index < -0.39 is 6.04 Å². The van der Waals surface area contributed by atoms with Crippen molar-refractivity contribution >= 4 is 23.4 Å². The van der Waals surface area contributed by atoms with E-state index in [0.29, 0.717) is 30.3 Å². The first-order valence-electron chi connectivity index (χ1n) is 11.7. The fourth-order valence-electron chi connectivity index (χ4n) is 4.01. The van der Waals surface area contributed by atoms with E-state index in [2.05, 4.69) is 15.5 Å². The van der Waals surface area contributed by atoms with Gasteiger partial charge < -0.3 is 20.1 Å². The number of nitrogens with zero attached hydrogens (tertiary/aromatic N) is 1. The minimum Gasteiger partial charge on any atom is -0.497 e. The van der Waals surface area contributed by atoms with Crippen molar-refractivity contribution < 1.29 is 19.1 Å². The van der Waals surface area contributed by atoms with E-state index in [9.17, 15) is 9.59 Å². The molecule has 34 heavy (non-hydrogen) atoms. The molecule has 2 aromatic carbocycles. The molecule has 1 saturated heterocycles. The molecule has 0 aliphatic carbocycles. The molecule has 0 saturated carbocycles. The molecule has 0 spiro atoms. The van der Waals surface area contributed by atoms with Crippen LogP contribution in [-0.2, 0) is 9.53 Å². The van der Waals surface area contributed by atoms with Crippen molar-refractivity contribution in [2.75, 3.05) is 40.0 Å². The molecular formula is C26H34ClN3O4. The maximum atomic E-state index is 13.3. The van der Waals surface area contributed by atoms with E-state index >= 15 is 0 Å². The quantitative estimate of drug-likeness (QED) is 0.534. The van der Waals surface area contributed by atoms with Crippen LogP contribution >= 0.6 is 11.6 Å². The summed E-state index contributed by atoms with van der Waals surface area (Å²) in [6, 6.07) is 13.9. The molecule has 1 heterocycles. The molecule has 2 amide bonds. The van der Waals surface area contributed by atoms with Gasteiger partial charge in [0.1, 0.15) is 11.8 Å². The topological polar surface area (TPSA) is 79.9 Å². The first-order chi connectivity index (χ1) is 16.4. The summed E-state index contributed by atoms with van der Waals surface area (Å²) in [5, 5.41) is 6.57. The maximum Gasteiger partial charge on any atom is 0.251 e. The van der Waals surface area contributed by atoms with Gasteiger partial charge in [-0.05, 0) is 47.9 Å². The number of ether oxygens (including phenoxy) is 2. The summed E-state index contributed by atoms with van der Waals surface area (Å²) in [5.41, 5.74) is 1.56. The third kappa shape index (κ3) is 6.95. The molecule has 1 aliphatic heterocycles. The van der Waals surface area contributed by atoms with Crippen molar-refractivity contribution in [2.45, 2.75) is 32.4 Å². The third-order valence-corrected chi connectivity index (χ3v) is 6.60. The molecule has 7 nitrogen and oxygen atoms in total. The average molecular weight is 488 g/mol. The van der Waals surface area contributed by atoms with Crippen LogP contribution < -0.4 is 15.4 Å². The minimum absolute atomic E-state index is 0.0108. The van der Waals surface area contributed by atoms with Gasteiger partial charge in [0, 0.05) is 30.2 Å². The van der Waals surface area contributed by atoms with Crippen LogP contribution in [0, 0.1) is 5.92 Å². The molecule has 2 N–H and O–H groups in total. The fourth-order valence-corrected chi connectivity index (χ4v) is 4.13. The molecule has 1 fully saturated rings. The smallest absolute Gasteiger partial charge is 0.251 e. The second-order valence-electron chi connectivity index (χ2n) is 8.53. The summed E-state index contributed by atoms with van der Waals surface area (Å²) in [5.74, 6) is 0.273. The summed E-state index contributed by atoms with van der Waals surface area (Å²) in [6.07, 6.45) is 0.754. The molecule has 184 valence electrons. The SMILES string of the molecule is CCC(C)C(NC(=O)c1ccc(Cl)cc1)C(=O)NCC(c1ccc(OC)cc1)N1CCOCC1. The van der Waals surface area contributed by atoms with E-state index in [1.165, 1.54) is 0 Å². The predicted octanol–water partition coefficient (Wildman–Crippen LogP) is 3.68. The van der Waals surface area contributed by atoms with Crippen LogP contribution in [0.4, 0.5) is 0 Å². The largest absolute Gasteiger partial charge is 0.497 e. The van der Waals surface area contributed by atoms with Crippen molar-refractivity contribution in [3.8, 4) is 5.75 Å². The van der Waals surface area contributed by atoms with E-state index in [1.54, 1.807) is 31.4 Å². The van der Waals surface area contributed by atoms with Crippen molar-refractivity contribution in [3.05, 3.63) is 64.7 Å². The van der Waals surface area contributed by atoms with Gasteiger partial charge >= 0.3 is 0 Å². The van der Waals surface area contributed by atoms with E-state index in [4.69, 9.17) is 21.1 Å². The van der Waals surface area contributed by atoms with Crippen molar-refractivity contribution in [3.63, 3.8) is 0 Å². The van der Waals surface area contributed by atoms with Crippen LogP contribution in [0.1, 0.15) is 42.2 Å². The van der Waals surface area contributed by atoms with Gasteiger partial charge in [-0.15, -0.1) is 0 Å². The molecular weight excluding hydrogens is 454 g/mol. The molecule has 0 aromatic heterocycles. The molecule has 3 atom stereocenters. The Morgan fingerprint density at radius 1 is 1.09 bits per heavy atom. The van der Waals surface area contributed by atoms with Gasteiger partial charge in [-0.1, -0.05) is 44.0 Å². The molecule has 1 aliphatic rings. The number of nitrogens with one attached hydrogen (secondary N) is 2. The molecule has 3 rings (SSSR count). The Kier molecular flexibility index (Phi) is 9.74. The number of carbonyl (C=O) groups is 2. The number of rotatable bonds is 10. The lowest BCUT2D eigenvalue weighted by Crippen LogP contribution is -2.52. The van der Waals surface area contributed by atoms with Gasteiger partial charge in [-0.25, -0.2) is 0 Å². The van der Waals surface area contributed by atoms with Crippen molar-refractivity contribution in [1.82, 2.24) is 15.5 Å². The van der Waals surface area contributed by atoms with Gasteiger partial charge in [-0.2, -0.15) is 0 Å². The number of benzene rings is 2. The van der Waals surface area contributed by atoms with Crippen molar-refractivity contribution in [1.29, 1.82) is 0 Å². The van der Waals surface area contributed by atoms with Crippen LogP contribution in [0.5, 0.6) is 5.75 Å². The number of morpholine rings is 1. The Bertz CT molecular complexity index is 930. The Morgan fingerprint density at radius 3 is 2.32 bits per heavy atom. The summed E-state index contributed by atoms with van der Waals surface area (Å²) in [7, 11) is 1.64. The molecule has 2 aromatic rings. The van der Waals surface area contributed by atoms with Crippen molar-refractivity contribution in [2.24, 2.45) is 5.92 Å². The molecule has 0 bridgehead atoms. The zero-order chi connectivity index (χ0) is 24.5. The highest BCUT2D eigenvalue weighted by atomic mass is 35.5. The number of halogens is 1. The zero-order valence-electron chi connectivity index (χ0n) is 20.1. The number of carbonyl (C=O) groups excluding carboxylic acids is 2. The second-order valence-corrected chi connectivity index (χ2v) is 8.96. The van der Waals surface area contributed by atoms with E-state index in [1.807, 2.05) is 38.1 Å². The second kappa shape index (κ2) is 12.7. The lowest BCUT2D eigenvalue weighted by molar-refractivity contribution is -0.124. The highest BCUT2D eigenvalue weighted by Gasteiger charge is 2.29. The predicted molar refractivity (Wildman–Crippen MR) is 133 cm³/mol. The lowest BCUT2D eigenvalue weighted by Gasteiger charge is -2.35. The Morgan fingerprint density at radius 2 is 1.74 bits per heavy atom. The maximum absolute atomic E-state index is 13.3. The van der Waals surface area contributed by atoms with Crippen LogP contribution in [0.2, 0.25) is 5.02 Å². The number of hydrogen-bond acceptors (Lipinski definition) is 5. The monoisotopic (exact) mass is 487 g/mol. The van der Waals surface area contributed by atoms with Gasteiger partial charge in [0.2, 0.25) is 5.91 Å². The first kappa shape index (κ1) is 26.0. The standard InChI is InChI=1S/C26H34ClN3O4/c1-4-18(2)24(29-25(31)20-5-9-21(27)10-6-20)26(32)28-17-23(30-13-15-34-16-14-30)19-7-11-22(33-3)12-8-19/h5-12,18,23-24H,4,13-17H2,1-3H3,(H,28,32)(H,29,31). The minimum atomic E-state index is -0.644. The third-order valence-electron chi connectivity index (χ3n) is 6.35. The zero-order valence-corrected chi connectivity index (χ0v) is 20.8. The van der Waals surface area contributed by atoms with Crippen LogP contribution in [0.25, 0.3) is 0 Å². The van der Waals surface area contributed by atoms with Gasteiger partial charge in [0.25, 0.3) is 5.91 Å². The lowest BCUT2D eigenvalue weighted by atomic mass is 9.97. The van der Waals surface area contributed by atoms with Crippen LogP contribution in [0.3, 0.4) is 0 Å². The number of methoxy groups -OCH3 is 1. The van der Waals surface area contributed by atoms with E-state index in [-0.39, 0.29) is 23.8 Å². The fraction of sp³-hybridized carbons (Fsp3) is 0.462. The first-order valence-corrected chi connectivity index (χ1v) is 12.1. The number of amides is 2. The Balaban J connectivity index is 1.72. The van der Waals surface area contributed by atoms with Gasteiger partial charge in [0.05, 0.1) is 26.4 Å². The Hall–Kier alpha value is -2.61. The van der Waals surface area contributed by atoms with E-state index in [0.717, 1.165) is 30.8 Å². The highest BCUT2D eigenvalue weighted by Crippen LogP contribution is 2.24. The summed E-state index contributed by atoms with van der Waals surface area (Å²) in [4.78, 5) is 28.4. The average Bonchev–Trinajstić information content (AvgIpc) is 2.88. The highest BCUT2D eigenvalue weighted by molar-refractivity contribution is 6.30. The number of hydrogen-bond donors (Lipinski definition) is 2. The Labute approximate surface area is 206 Å². The van der Waals surface area contributed by atoms with Gasteiger partial charge in [-0.3, -0.25) is 14.5 Å². The van der Waals surface area contributed by atoms with Crippen LogP contribution in [0.15, 0.2) is 48.5 Å². The normalized spacial score (nSPS) is 16.8. The summed E-state index contributed by atoms with van der Waals surface area (Å²) >= 11 is 5.93. The molecule has 3 unspecified atom stereocenters. The van der Waals surface area contributed by atoms with Gasteiger partial charge in [0.15, 0.2) is 0 Å². The summed E-state index contributed by atoms with van der Waals surface area (Å²) in [6.45, 7) is 7.29. The van der Waals surface area contributed by atoms with Crippen LogP contribution in [-0.4, -0.2) is 62.7 Å².